The van der Waals surface area contributed by atoms with Crippen LogP contribution >= 0.6 is 0 Å². The fraction of sp³-hybridized carbons (Fsp3) is 0.316. The molecule has 0 aliphatic heterocycles. The first kappa shape index (κ1) is 13.5. The number of rotatable bonds is 2. The van der Waals surface area contributed by atoms with E-state index >= 15 is 0 Å². The number of fused-ring (bicyclic) bond motifs is 2. The van der Waals surface area contributed by atoms with Crippen LogP contribution in [0.2, 0.25) is 0 Å². The maximum Gasteiger partial charge on any atom is 0.137 e. The van der Waals surface area contributed by atoms with E-state index in [2.05, 4.69) is 22.6 Å². The predicted octanol–water partition coefficient (Wildman–Crippen LogP) is 3.68. The molecule has 1 aromatic carbocycles. The number of imidazole rings is 1. The van der Waals surface area contributed by atoms with Crippen LogP contribution < -0.4 is 0 Å². The number of aryl methyl sites for hydroxylation is 3. The fourth-order valence-electron chi connectivity index (χ4n) is 3.58. The van der Waals surface area contributed by atoms with E-state index in [1.54, 1.807) is 0 Å². The summed E-state index contributed by atoms with van der Waals surface area (Å²) in [7, 11) is 0. The Morgan fingerprint density at radius 3 is 2.73 bits per heavy atom. The first-order valence-corrected chi connectivity index (χ1v) is 7.98. The molecule has 4 rings (SSSR count). The Kier molecular flexibility index (Phi) is 3.23. The monoisotopic (exact) mass is 292 g/mol. The topological polar surface area (TPSA) is 37.5 Å². The number of nitrogens with zero attached hydrogens (tertiary/aromatic N) is 2. The molecule has 2 heterocycles. The molecule has 0 unspecified atom stereocenters. The molecule has 0 atom stereocenters. The Labute approximate surface area is 130 Å². The highest BCUT2D eigenvalue weighted by molar-refractivity contribution is 5.68. The highest BCUT2D eigenvalue weighted by Crippen LogP contribution is 2.30. The van der Waals surface area contributed by atoms with Gasteiger partial charge in [-0.25, -0.2) is 4.98 Å². The minimum absolute atomic E-state index is 0.00155. The molecule has 1 aliphatic rings. The molecule has 0 amide bonds. The summed E-state index contributed by atoms with van der Waals surface area (Å²) in [6.07, 6.45) is 4.91. The lowest BCUT2D eigenvalue weighted by atomic mass is 9.90. The minimum atomic E-state index is -0.00155. The van der Waals surface area contributed by atoms with Crippen LogP contribution in [0, 0.1) is 6.92 Å². The standard InChI is InChI=1S/C19H20N2O/c1-13-5-4-8-18-20-19(17(12-22)21(13)18)16-10-9-14-6-2-3-7-15(14)11-16/h4-5,8-11,22H,2-3,6-7,12H2,1H3. The van der Waals surface area contributed by atoms with Crippen molar-refractivity contribution >= 4 is 5.65 Å². The molecule has 3 heteroatoms. The van der Waals surface area contributed by atoms with Crippen LogP contribution in [-0.2, 0) is 19.4 Å². The maximum absolute atomic E-state index is 9.87. The molecule has 0 saturated heterocycles. The average molecular weight is 292 g/mol. The molecule has 0 saturated carbocycles. The van der Waals surface area contributed by atoms with Crippen molar-refractivity contribution in [2.75, 3.05) is 0 Å². The number of pyridine rings is 1. The second kappa shape index (κ2) is 5.25. The van der Waals surface area contributed by atoms with Crippen molar-refractivity contribution in [2.24, 2.45) is 0 Å². The van der Waals surface area contributed by atoms with Crippen LogP contribution in [0.25, 0.3) is 16.9 Å². The van der Waals surface area contributed by atoms with Gasteiger partial charge in [0.15, 0.2) is 0 Å². The highest BCUT2D eigenvalue weighted by atomic mass is 16.3. The van der Waals surface area contributed by atoms with Gasteiger partial charge in [-0.15, -0.1) is 0 Å². The molecule has 0 bridgehead atoms. The van der Waals surface area contributed by atoms with Crippen molar-refractivity contribution < 1.29 is 5.11 Å². The summed E-state index contributed by atoms with van der Waals surface area (Å²) in [5.74, 6) is 0. The first-order chi connectivity index (χ1) is 10.8. The minimum Gasteiger partial charge on any atom is -0.390 e. The average Bonchev–Trinajstić information content (AvgIpc) is 2.94. The third kappa shape index (κ3) is 2.04. The van der Waals surface area contributed by atoms with Crippen molar-refractivity contribution in [3.63, 3.8) is 0 Å². The van der Waals surface area contributed by atoms with Crippen molar-refractivity contribution in [3.05, 3.63) is 58.9 Å². The van der Waals surface area contributed by atoms with E-state index in [1.807, 2.05) is 25.1 Å². The molecule has 22 heavy (non-hydrogen) atoms. The first-order valence-electron chi connectivity index (χ1n) is 7.98. The van der Waals surface area contributed by atoms with E-state index < -0.39 is 0 Å². The van der Waals surface area contributed by atoms with Gasteiger partial charge in [0.25, 0.3) is 0 Å². The van der Waals surface area contributed by atoms with Gasteiger partial charge < -0.3 is 5.11 Å². The number of hydrogen-bond acceptors (Lipinski definition) is 2. The second-order valence-corrected chi connectivity index (χ2v) is 6.12. The molecule has 3 aromatic rings. The smallest absolute Gasteiger partial charge is 0.137 e. The normalized spacial score (nSPS) is 14.3. The summed E-state index contributed by atoms with van der Waals surface area (Å²) in [4.78, 5) is 4.77. The van der Waals surface area contributed by atoms with Crippen LogP contribution in [0.5, 0.6) is 0 Å². The van der Waals surface area contributed by atoms with Crippen LogP contribution in [0.15, 0.2) is 36.4 Å². The SMILES string of the molecule is Cc1cccc2nc(-c3ccc4c(c3)CCCC4)c(CO)n12. The van der Waals surface area contributed by atoms with Gasteiger partial charge in [-0.05, 0) is 61.9 Å². The van der Waals surface area contributed by atoms with Gasteiger partial charge in [0.1, 0.15) is 5.65 Å². The predicted molar refractivity (Wildman–Crippen MR) is 87.9 cm³/mol. The van der Waals surface area contributed by atoms with E-state index in [0.29, 0.717) is 0 Å². The Morgan fingerprint density at radius 2 is 1.91 bits per heavy atom. The van der Waals surface area contributed by atoms with Crippen molar-refractivity contribution in [3.8, 4) is 11.3 Å². The second-order valence-electron chi connectivity index (χ2n) is 6.12. The van der Waals surface area contributed by atoms with Crippen LogP contribution in [0.3, 0.4) is 0 Å². The van der Waals surface area contributed by atoms with E-state index in [1.165, 1.54) is 30.4 Å². The number of benzene rings is 1. The molecule has 2 aromatic heterocycles. The molecule has 112 valence electrons. The third-order valence-electron chi connectivity index (χ3n) is 4.71. The van der Waals surface area contributed by atoms with E-state index in [-0.39, 0.29) is 6.61 Å². The summed E-state index contributed by atoms with van der Waals surface area (Å²) in [6, 6.07) is 12.7. The lowest BCUT2D eigenvalue weighted by Gasteiger charge is -2.16. The van der Waals surface area contributed by atoms with Gasteiger partial charge in [0.2, 0.25) is 0 Å². The van der Waals surface area contributed by atoms with Crippen LogP contribution in [0.1, 0.15) is 35.4 Å². The van der Waals surface area contributed by atoms with Crippen LogP contribution in [-0.4, -0.2) is 14.5 Å². The van der Waals surface area contributed by atoms with Crippen molar-refractivity contribution in [1.82, 2.24) is 9.38 Å². The number of aliphatic hydroxyl groups excluding tert-OH is 1. The van der Waals surface area contributed by atoms with Crippen molar-refractivity contribution in [1.29, 1.82) is 0 Å². The summed E-state index contributed by atoms with van der Waals surface area (Å²) in [5.41, 5.74) is 7.82. The Balaban J connectivity index is 1.92. The van der Waals surface area contributed by atoms with Gasteiger partial charge in [0.05, 0.1) is 18.0 Å². The molecular formula is C19H20N2O. The Morgan fingerprint density at radius 1 is 1.09 bits per heavy atom. The highest BCUT2D eigenvalue weighted by Gasteiger charge is 2.16. The zero-order valence-corrected chi connectivity index (χ0v) is 12.8. The van der Waals surface area contributed by atoms with Gasteiger partial charge in [-0.2, -0.15) is 0 Å². The lowest BCUT2D eigenvalue weighted by Crippen LogP contribution is -2.03. The molecule has 0 radical (unpaired) electrons. The van der Waals surface area contributed by atoms with Gasteiger partial charge in [-0.1, -0.05) is 18.2 Å². The molecule has 0 fully saturated rings. The number of aromatic nitrogens is 2. The van der Waals surface area contributed by atoms with E-state index in [4.69, 9.17) is 4.98 Å². The summed E-state index contributed by atoms with van der Waals surface area (Å²) < 4.78 is 2.05. The van der Waals surface area contributed by atoms with Gasteiger partial charge in [-0.3, -0.25) is 4.40 Å². The fourth-order valence-corrected chi connectivity index (χ4v) is 3.58. The molecule has 0 spiro atoms. The van der Waals surface area contributed by atoms with Gasteiger partial charge >= 0.3 is 0 Å². The number of aliphatic hydroxyl groups is 1. The summed E-state index contributed by atoms with van der Waals surface area (Å²) >= 11 is 0. The largest absolute Gasteiger partial charge is 0.390 e. The zero-order valence-electron chi connectivity index (χ0n) is 12.8. The summed E-state index contributed by atoms with van der Waals surface area (Å²) in [5, 5.41) is 9.87. The molecule has 1 N–H and O–H groups in total. The van der Waals surface area contributed by atoms with E-state index in [9.17, 15) is 5.11 Å². The van der Waals surface area contributed by atoms with Crippen LogP contribution in [0.4, 0.5) is 0 Å². The Hall–Kier alpha value is -2.13. The summed E-state index contributed by atoms with van der Waals surface area (Å²) in [6.45, 7) is 2.04. The maximum atomic E-state index is 9.87. The van der Waals surface area contributed by atoms with Gasteiger partial charge in [0, 0.05) is 11.3 Å². The third-order valence-corrected chi connectivity index (χ3v) is 4.71. The van der Waals surface area contributed by atoms with E-state index in [0.717, 1.165) is 34.7 Å². The number of hydrogen-bond donors (Lipinski definition) is 1. The van der Waals surface area contributed by atoms with Crippen molar-refractivity contribution in [2.45, 2.75) is 39.2 Å². The quantitative estimate of drug-likeness (QED) is 0.782. The molecular weight excluding hydrogens is 272 g/mol. The Bertz CT molecular complexity index is 848. The molecule has 1 aliphatic carbocycles. The zero-order chi connectivity index (χ0) is 15.1. The molecule has 3 nitrogen and oxygen atoms in total. The lowest BCUT2D eigenvalue weighted by molar-refractivity contribution is 0.276.